The van der Waals surface area contributed by atoms with E-state index >= 15 is 0 Å². The number of alkyl halides is 1. The summed E-state index contributed by atoms with van der Waals surface area (Å²) in [4.78, 5) is 0. The zero-order valence-electron chi connectivity index (χ0n) is 11.3. The third kappa shape index (κ3) is 3.57. The van der Waals surface area contributed by atoms with Gasteiger partial charge < -0.3 is 4.74 Å². The summed E-state index contributed by atoms with van der Waals surface area (Å²) in [5.74, 6) is 0.841. The summed E-state index contributed by atoms with van der Waals surface area (Å²) in [5, 5.41) is -0.251. The van der Waals surface area contributed by atoms with E-state index in [1.54, 1.807) is 0 Å². The van der Waals surface area contributed by atoms with E-state index in [0.717, 1.165) is 25.8 Å². The summed E-state index contributed by atoms with van der Waals surface area (Å²) in [7, 11) is 0. The lowest BCUT2D eigenvalue weighted by atomic mass is 10.0. The van der Waals surface area contributed by atoms with Gasteiger partial charge in [0.2, 0.25) is 0 Å². The summed E-state index contributed by atoms with van der Waals surface area (Å²) >= 11 is 13.7. The van der Waals surface area contributed by atoms with E-state index in [1.807, 2.05) is 37.3 Å². The highest BCUT2D eigenvalue weighted by Gasteiger charge is 2.18. The van der Waals surface area contributed by atoms with Crippen LogP contribution in [0.15, 0.2) is 45.3 Å². The Bertz CT molecular complexity index is 613. The van der Waals surface area contributed by atoms with E-state index in [-0.39, 0.29) is 5.38 Å². The first-order valence-electron chi connectivity index (χ1n) is 6.35. The summed E-state index contributed by atoms with van der Waals surface area (Å²) < 4.78 is 7.69. The van der Waals surface area contributed by atoms with Crippen molar-refractivity contribution in [2.24, 2.45) is 0 Å². The molecule has 0 amide bonds. The molecule has 1 nitrogen and oxygen atoms in total. The van der Waals surface area contributed by atoms with Gasteiger partial charge in [-0.2, -0.15) is 0 Å². The van der Waals surface area contributed by atoms with Gasteiger partial charge in [-0.3, -0.25) is 0 Å². The van der Waals surface area contributed by atoms with Crippen molar-refractivity contribution < 1.29 is 4.74 Å². The lowest BCUT2D eigenvalue weighted by Crippen LogP contribution is -2.01. The summed E-state index contributed by atoms with van der Waals surface area (Å²) in [5.41, 5.74) is 3.19. The van der Waals surface area contributed by atoms with Crippen LogP contribution in [0, 0.1) is 6.92 Å². The molecular weight excluding hydrogens is 403 g/mol. The topological polar surface area (TPSA) is 9.23 Å². The molecule has 20 heavy (non-hydrogen) atoms. The molecule has 2 aromatic rings. The van der Waals surface area contributed by atoms with Gasteiger partial charge in [-0.15, -0.1) is 11.6 Å². The molecule has 0 aliphatic heterocycles. The van der Waals surface area contributed by atoms with E-state index in [2.05, 4.69) is 44.8 Å². The Hall–Kier alpha value is -0.510. The molecule has 0 aliphatic rings. The van der Waals surface area contributed by atoms with Crippen LogP contribution in [-0.2, 0) is 0 Å². The number of halogens is 3. The fourth-order valence-electron chi connectivity index (χ4n) is 2.03. The smallest absolute Gasteiger partial charge is 0.124 e. The maximum absolute atomic E-state index is 6.68. The maximum Gasteiger partial charge on any atom is 0.124 e. The van der Waals surface area contributed by atoms with Crippen molar-refractivity contribution in [3.05, 3.63) is 62.0 Å². The van der Waals surface area contributed by atoms with Crippen molar-refractivity contribution in [3.63, 3.8) is 0 Å². The van der Waals surface area contributed by atoms with Crippen LogP contribution < -0.4 is 4.74 Å². The van der Waals surface area contributed by atoms with Gasteiger partial charge in [-0.1, -0.05) is 55.6 Å². The number of ether oxygens (including phenoxy) is 1. The van der Waals surface area contributed by atoms with E-state index < -0.39 is 0 Å². The molecule has 0 aliphatic carbocycles. The standard InChI is InChI=1S/C16H15Br2ClO/c1-3-20-15-7-4-10(2)8-13(15)16(19)12-6-5-11(17)9-14(12)18/h4-9,16H,3H2,1-2H3. The van der Waals surface area contributed by atoms with Gasteiger partial charge in [-0.05, 0) is 37.6 Å². The van der Waals surface area contributed by atoms with Gasteiger partial charge in [-0.25, -0.2) is 0 Å². The molecule has 1 atom stereocenters. The second-order valence-corrected chi connectivity index (χ2v) is 6.71. The molecule has 4 heteroatoms. The van der Waals surface area contributed by atoms with Gasteiger partial charge in [0.25, 0.3) is 0 Å². The summed E-state index contributed by atoms with van der Waals surface area (Å²) in [6.45, 7) is 4.66. The average Bonchev–Trinajstić information content (AvgIpc) is 2.40. The highest BCUT2D eigenvalue weighted by atomic mass is 79.9. The molecule has 0 N–H and O–H groups in total. The lowest BCUT2D eigenvalue weighted by molar-refractivity contribution is 0.337. The Morgan fingerprint density at radius 2 is 1.85 bits per heavy atom. The first kappa shape index (κ1) is 15.9. The Labute approximate surface area is 141 Å². The second-order valence-electron chi connectivity index (χ2n) is 4.50. The molecular formula is C16H15Br2ClO. The van der Waals surface area contributed by atoms with Crippen LogP contribution in [0.5, 0.6) is 5.75 Å². The van der Waals surface area contributed by atoms with E-state index in [0.29, 0.717) is 6.61 Å². The minimum atomic E-state index is -0.251. The van der Waals surface area contributed by atoms with Crippen molar-refractivity contribution >= 4 is 43.5 Å². The molecule has 0 spiro atoms. The minimum absolute atomic E-state index is 0.251. The average molecular weight is 419 g/mol. The second kappa shape index (κ2) is 6.97. The predicted octanol–water partition coefficient (Wildman–Crippen LogP) is 6.25. The number of aryl methyl sites for hydroxylation is 1. The van der Waals surface area contributed by atoms with Crippen molar-refractivity contribution in [3.8, 4) is 5.75 Å². The van der Waals surface area contributed by atoms with Crippen LogP contribution in [0.4, 0.5) is 0 Å². The zero-order chi connectivity index (χ0) is 14.7. The largest absolute Gasteiger partial charge is 0.494 e. The maximum atomic E-state index is 6.68. The third-order valence-corrected chi connectivity index (χ3v) is 4.62. The summed E-state index contributed by atoms with van der Waals surface area (Å²) in [6.07, 6.45) is 0. The number of rotatable bonds is 4. The molecule has 0 aromatic heterocycles. The predicted molar refractivity (Wildman–Crippen MR) is 91.9 cm³/mol. The molecule has 1 unspecified atom stereocenters. The third-order valence-electron chi connectivity index (χ3n) is 2.97. The molecule has 106 valence electrons. The van der Waals surface area contributed by atoms with Crippen LogP contribution in [0.25, 0.3) is 0 Å². The molecule has 0 saturated carbocycles. The molecule has 0 heterocycles. The van der Waals surface area contributed by atoms with E-state index in [1.165, 1.54) is 5.56 Å². The van der Waals surface area contributed by atoms with Gasteiger partial charge in [0.15, 0.2) is 0 Å². The first-order chi connectivity index (χ1) is 9.52. The fourth-order valence-corrected chi connectivity index (χ4v) is 3.80. The van der Waals surface area contributed by atoms with Crippen LogP contribution in [0.3, 0.4) is 0 Å². The van der Waals surface area contributed by atoms with Crippen LogP contribution in [0.1, 0.15) is 29.0 Å². The number of hydrogen-bond acceptors (Lipinski definition) is 1. The normalized spacial score (nSPS) is 12.2. The Morgan fingerprint density at radius 3 is 2.50 bits per heavy atom. The summed E-state index contributed by atoms with van der Waals surface area (Å²) in [6, 6.07) is 12.1. The molecule has 2 rings (SSSR count). The van der Waals surface area contributed by atoms with E-state index in [4.69, 9.17) is 16.3 Å². The lowest BCUT2D eigenvalue weighted by Gasteiger charge is -2.17. The minimum Gasteiger partial charge on any atom is -0.494 e. The molecule has 0 saturated heterocycles. The first-order valence-corrected chi connectivity index (χ1v) is 8.37. The van der Waals surface area contributed by atoms with Gasteiger partial charge in [0.1, 0.15) is 5.75 Å². The van der Waals surface area contributed by atoms with Crippen LogP contribution in [-0.4, -0.2) is 6.61 Å². The Balaban J connectivity index is 2.46. The SMILES string of the molecule is CCOc1ccc(C)cc1C(Cl)c1ccc(Br)cc1Br. The number of hydrogen-bond donors (Lipinski definition) is 0. The Morgan fingerprint density at radius 1 is 1.10 bits per heavy atom. The molecule has 0 fully saturated rings. The van der Waals surface area contributed by atoms with Crippen LogP contribution in [0.2, 0.25) is 0 Å². The highest BCUT2D eigenvalue weighted by Crippen LogP contribution is 2.39. The van der Waals surface area contributed by atoms with E-state index in [9.17, 15) is 0 Å². The van der Waals surface area contributed by atoms with Gasteiger partial charge in [0.05, 0.1) is 12.0 Å². The van der Waals surface area contributed by atoms with Gasteiger partial charge in [0, 0.05) is 14.5 Å². The van der Waals surface area contributed by atoms with Crippen molar-refractivity contribution in [1.82, 2.24) is 0 Å². The fraction of sp³-hybridized carbons (Fsp3) is 0.250. The Kier molecular flexibility index (Phi) is 5.53. The molecule has 0 bridgehead atoms. The van der Waals surface area contributed by atoms with Crippen LogP contribution >= 0.6 is 43.5 Å². The highest BCUT2D eigenvalue weighted by molar-refractivity contribution is 9.11. The van der Waals surface area contributed by atoms with Crippen molar-refractivity contribution in [2.75, 3.05) is 6.61 Å². The van der Waals surface area contributed by atoms with Gasteiger partial charge >= 0.3 is 0 Å². The monoisotopic (exact) mass is 416 g/mol. The molecule has 0 radical (unpaired) electrons. The zero-order valence-corrected chi connectivity index (χ0v) is 15.2. The van der Waals surface area contributed by atoms with Crippen molar-refractivity contribution in [2.45, 2.75) is 19.2 Å². The quantitative estimate of drug-likeness (QED) is 0.534. The molecule has 2 aromatic carbocycles. The van der Waals surface area contributed by atoms with Crippen molar-refractivity contribution in [1.29, 1.82) is 0 Å². The number of benzene rings is 2.